The van der Waals surface area contributed by atoms with Gasteiger partial charge in [-0.05, 0) is 42.5 Å². The van der Waals surface area contributed by atoms with Crippen LogP contribution in [-0.2, 0) is 0 Å². The van der Waals surface area contributed by atoms with Gasteiger partial charge in [0.15, 0.2) is 0 Å². The van der Waals surface area contributed by atoms with Gasteiger partial charge in [0.25, 0.3) is 5.69 Å². The first-order chi connectivity index (χ1) is 13.1. The Labute approximate surface area is 159 Å². The van der Waals surface area contributed by atoms with Crippen molar-refractivity contribution < 1.29 is 9.66 Å². The Hall–Kier alpha value is -3.32. The second kappa shape index (κ2) is 7.13. The highest BCUT2D eigenvalue weighted by atomic mass is 32.2. The average Bonchev–Trinajstić information content (AvgIpc) is 3.12. The minimum atomic E-state index is -0.412. The van der Waals surface area contributed by atoms with E-state index in [0.29, 0.717) is 16.9 Å². The SMILES string of the molecule is COc1ccc(Sc2ccc(-c3nc4ccc([N+](=O)[O-])cc4[nH]3)cc2)cc1. The number of rotatable bonds is 5. The molecule has 1 heterocycles. The lowest BCUT2D eigenvalue weighted by atomic mass is 10.2. The molecule has 4 aromatic rings. The number of nitrogens with zero attached hydrogens (tertiary/aromatic N) is 2. The third-order valence-electron chi connectivity index (χ3n) is 4.10. The van der Waals surface area contributed by atoms with E-state index in [1.165, 1.54) is 12.1 Å². The van der Waals surface area contributed by atoms with Gasteiger partial charge in [-0.3, -0.25) is 10.1 Å². The minimum Gasteiger partial charge on any atom is -0.497 e. The summed E-state index contributed by atoms with van der Waals surface area (Å²) < 4.78 is 5.17. The summed E-state index contributed by atoms with van der Waals surface area (Å²) in [6.07, 6.45) is 0. The Kier molecular flexibility index (Phi) is 4.52. The minimum absolute atomic E-state index is 0.0453. The lowest BCUT2D eigenvalue weighted by Crippen LogP contribution is -1.86. The normalized spacial score (nSPS) is 10.9. The molecule has 0 fully saturated rings. The van der Waals surface area contributed by atoms with E-state index in [2.05, 4.69) is 9.97 Å². The second-order valence-corrected chi connectivity index (χ2v) is 6.99. The molecule has 0 bridgehead atoms. The predicted molar refractivity (Wildman–Crippen MR) is 105 cm³/mol. The smallest absolute Gasteiger partial charge is 0.271 e. The van der Waals surface area contributed by atoms with Gasteiger partial charge < -0.3 is 9.72 Å². The van der Waals surface area contributed by atoms with Gasteiger partial charge in [-0.1, -0.05) is 23.9 Å². The van der Waals surface area contributed by atoms with Gasteiger partial charge in [-0.25, -0.2) is 4.98 Å². The Morgan fingerprint density at radius 2 is 1.67 bits per heavy atom. The van der Waals surface area contributed by atoms with Gasteiger partial charge in [0.1, 0.15) is 11.6 Å². The molecule has 0 atom stereocenters. The van der Waals surface area contributed by atoms with E-state index in [1.54, 1.807) is 24.9 Å². The zero-order valence-corrected chi connectivity index (χ0v) is 15.2. The highest BCUT2D eigenvalue weighted by molar-refractivity contribution is 7.99. The van der Waals surface area contributed by atoms with Crippen LogP contribution in [0.15, 0.2) is 76.5 Å². The molecule has 1 N–H and O–H groups in total. The van der Waals surface area contributed by atoms with E-state index in [-0.39, 0.29) is 5.69 Å². The molecule has 0 aliphatic heterocycles. The Morgan fingerprint density at radius 1 is 1.00 bits per heavy atom. The van der Waals surface area contributed by atoms with Crippen molar-refractivity contribution in [2.45, 2.75) is 9.79 Å². The van der Waals surface area contributed by atoms with Crippen molar-refractivity contribution >= 4 is 28.5 Å². The van der Waals surface area contributed by atoms with Crippen LogP contribution in [0.3, 0.4) is 0 Å². The number of nitrogens with one attached hydrogen (secondary N) is 1. The fraction of sp³-hybridized carbons (Fsp3) is 0.0500. The van der Waals surface area contributed by atoms with Crippen molar-refractivity contribution in [1.82, 2.24) is 9.97 Å². The standard InChI is InChI=1S/C20H15N3O3S/c1-26-15-5-9-17(10-6-15)27-16-7-2-13(3-8-16)20-21-18-11-4-14(23(24)25)12-19(18)22-20/h2-12H,1H3,(H,21,22). The maximum absolute atomic E-state index is 10.9. The monoisotopic (exact) mass is 377 g/mol. The number of non-ortho nitro benzene ring substituents is 1. The zero-order chi connectivity index (χ0) is 18.8. The number of imidazole rings is 1. The van der Waals surface area contributed by atoms with Crippen molar-refractivity contribution in [3.63, 3.8) is 0 Å². The molecule has 7 heteroatoms. The molecule has 0 aliphatic rings. The van der Waals surface area contributed by atoms with Gasteiger partial charge in [0.05, 0.1) is 23.1 Å². The maximum Gasteiger partial charge on any atom is 0.271 e. The van der Waals surface area contributed by atoms with E-state index in [4.69, 9.17) is 4.74 Å². The number of hydrogen-bond acceptors (Lipinski definition) is 5. The molecule has 0 unspecified atom stereocenters. The number of benzene rings is 3. The van der Waals surface area contributed by atoms with Gasteiger partial charge in [0.2, 0.25) is 0 Å². The van der Waals surface area contributed by atoms with Crippen molar-refractivity contribution in [3.05, 3.63) is 76.8 Å². The topological polar surface area (TPSA) is 81.1 Å². The van der Waals surface area contributed by atoms with E-state index < -0.39 is 4.92 Å². The average molecular weight is 377 g/mol. The quantitative estimate of drug-likeness (QED) is 0.377. The van der Waals surface area contributed by atoms with Gasteiger partial charge in [-0.15, -0.1) is 0 Å². The highest BCUT2D eigenvalue weighted by Crippen LogP contribution is 2.31. The molecular weight excluding hydrogens is 362 g/mol. The van der Waals surface area contributed by atoms with Crippen molar-refractivity contribution in [1.29, 1.82) is 0 Å². The van der Waals surface area contributed by atoms with Crippen LogP contribution in [-0.4, -0.2) is 22.0 Å². The summed E-state index contributed by atoms with van der Waals surface area (Å²) in [6.45, 7) is 0. The molecule has 27 heavy (non-hydrogen) atoms. The molecule has 0 radical (unpaired) electrons. The van der Waals surface area contributed by atoms with E-state index in [0.717, 1.165) is 21.1 Å². The summed E-state index contributed by atoms with van der Waals surface area (Å²) in [5, 5.41) is 10.9. The molecule has 0 saturated carbocycles. The van der Waals surface area contributed by atoms with Crippen LogP contribution in [0.4, 0.5) is 5.69 Å². The first kappa shape index (κ1) is 17.1. The van der Waals surface area contributed by atoms with Gasteiger partial charge in [0, 0.05) is 27.5 Å². The van der Waals surface area contributed by atoms with Crippen LogP contribution >= 0.6 is 11.8 Å². The third-order valence-corrected chi connectivity index (χ3v) is 5.11. The summed E-state index contributed by atoms with van der Waals surface area (Å²) in [5.74, 6) is 1.52. The van der Waals surface area contributed by atoms with E-state index >= 15 is 0 Å². The van der Waals surface area contributed by atoms with Crippen LogP contribution in [0.25, 0.3) is 22.4 Å². The first-order valence-electron chi connectivity index (χ1n) is 8.19. The predicted octanol–water partition coefficient (Wildman–Crippen LogP) is 5.30. The molecule has 0 amide bonds. The number of aromatic amines is 1. The molecule has 0 aliphatic carbocycles. The number of ether oxygens (including phenoxy) is 1. The second-order valence-electron chi connectivity index (χ2n) is 5.85. The maximum atomic E-state index is 10.9. The molecule has 1 aromatic heterocycles. The third kappa shape index (κ3) is 3.63. The van der Waals surface area contributed by atoms with Gasteiger partial charge >= 0.3 is 0 Å². The fourth-order valence-electron chi connectivity index (χ4n) is 2.71. The van der Waals surface area contributed by atoms with Crippen LogP contribution in [0.2, 0.25) is 0 Å². The van der Waals surface area contributed by atoms with Crippen molar-refractivity contribution in [3.8, 4) is 17.1 Å². The molecule has 3 aromatic carbocycles. The largest absolute Gasteiger partial charge is 0.497 e. The summed E-state index contributed by atoms with van der Waals surface area (Å²) in [4.78, 5) is 20.4. The number of methoxy groups -OCH3 is 1. The fourth-order valence-corrected chi connectivity index (χ4v) is 3.53. The Bertz CT molecular complexity index is 1110. The molecule has 6 nitrogen and oxygen atoms in total. The zero-order valence-electron chi connectivity index (χ0n) is 14.4. The van der Waals surface area contributed by atoms with Crippen LogP contribution in [0.1, 0.15) is 0 Å². The van der Waals surface area contributed by atoms with Crippen molar-refractivity contribution in [2.75, 3.05) is 7.11 Å². The van der Waals surface area contributed by atoms with Crippen LogP contribution < -0.4 is 4.74 Å². The molecule has 134 valence electrons. The van der Waals surface area contributed by atoms with Crippen LogP contribution in [0, 0.1) is 10.1 Å². The number of aromatic nitrogens is 2. The highest BCUT2D eigenvalue weighted by Gasteiger charge is 2.10. The Balaban J connectivity index is 1.56. The number of hydrogen-bond donors (Lipinski definition) is 1. The molecule has 0 saturated heterocycles. The van der Waals surface area contributed by atoms with E-state index in [9.17, 15) is 10.1 Å². The number of fused-ring (bicyclic) bond motifs is 1. The number of nitro benzene ring substituents is 1. The number of nitro groups is 1. The molecule has 4 rings (SSSR count). The summed E-state index contributed by atoms with van der Waals surface area (Å²) in [6, 6.07) is 20.5. The number of H-pyrrole nitrogens is 1. The summed E-state index contributed by atoms with van der Waals surface area (Å²) in [7, 11) is 1.65. The summed E-state index contributed by atoms with van der Waals surface area (Å²) >= 11 is 1.66. The van der Waals surface area contributed by atoms with Crippen molar-refractivity contribution in [2.24, 2.45) is 0 Å². The molecule has 0 spiro atoms. The first-order valence-corrected chi connectivity index (χ1v) is 9.00. The molecular formula is C20H15N3O3S. The Morgan fingerprint density at radius 3 is 2.30 bits per heavy atom. The summed E-state index contributed by atoms with van der Waals surface area (Å²) in [5.41, 5.74) is 2.32. The van der Waals surface area contributed by atoms with Crippen LogP contribution in [0.5, 0.6) is 5.75 Å². The van der Waals surface area contributed by atoms with Gasteiger partial charge in [-0.2, -0.15) is 0 Å². The lowest BCUT2D eigenvalue weighted by Gasteiger charge is -2.04. The lowest BCUT2D eigenvalue weighted by molar-refractivity contribution is -0.384. The van der Waals surface area contributed by atoms with E-state index in [1.807, 2.05) is 48.5 Å².